The molecule has 0 fully saturated rings. The van der Waals surface area contributed by atoms with E-state index in [1.807, 2.05) is 0 Å². The number of methoxy groups -OCH3 is 4. The van der Waals surface area contributed by atoms with Crippen LogP contribution in [0.15, 0.2) is 36.4 Å². The number of esters is 2. The summed E-state index contributed by atoms with van der Waals surface area (Å²) in [5.74, 6) is -0.517. The molecule has 0 spiro atoms. The molecule has 2 aromatic rings. The van der Waals surface area contributed by atoms with Crippen LogP contribution in [0.25, 0.3) is 6.08 Å². The molecular weight excluding hydrogens is 392 g/mol. The third kappa shape index (κ3) is 3.89. The normalized spacial score (nSPS) is 17.2. The van der Waals surface area contributed by atoms with Crippen molar-refractivity contribution in [3.8, 4) is 23.0 Å². The summed E-state index contributed by atoms with van der Waals surface area (Å²) in [4.78, 5) is 24.2. The van der Waals surface area contributed by atoms with Crippen LogP contribution in [-0.2, 0) is 19.1 Å². The summed E-state index contributed by atoms with van der Waals surface area (Å²) < 4.78 is 26.5. The van der Waals surface area contributed by atoms with Gasteiger partial charge in [0.2, 0.25) is 0 Å². The first-order chi connectivity index (χ1) is 14.4. The first-order valence-electron chi connectivity index (χ1n) is 9.02. The fourth-order valence-electron chi connectivity index (χ4n) is 3.40. The number of carbonyl (C=O) groups is 2. The maximum atomic E-state index is 12.7. The summed E-state index contributed by atoms with van der Waals surface area (Å²) in [5.41, 5.74) is 1.72. The van der Waals surface area contributed by atoms with Gasteiger partial charge < -0.3 is 28.8 Å². The molecule has 0 unspecified atom stereocenters. The average Bonchev–Trinajstić information content (AvgIpc) is 3.13. The molecular formula is C22H22O8. The number of aromatic hydroxyl groups is 1. The lowest BCUT2D eigenvalue weighted by Crippen LogP contribution is -2.20. The molecule has 1 N–H and O–H groups in total. The Morgan fingerprint density at radius 2 is 1.70 bits per heavy atom. The highest BCUT2D eigenvalue weighted by Gasteiger charge is 2.43. The van der Waals surface area contributed by atoms with Crippen LogP contribution in [0, 0.1) is 0 Å². The van der Waals surface area contributed by atoms with E-state index in [0.29, 0.717) is 33.9 Å². The van der Waals surface area contributed by atoms with Crippen molar-refractivity contribution in [1.82, 2.24) is 0 Å². The highest BCUT2D eigenvalue weighted by Crippen LogP contribution is 2.51. The van der Waals surface area contributed by atoms with Gasteiger partial charge in [-0.25, -0.2) is 4.79 Å². The highest BCUT2D eigenvalue weighted by atomic mass is 16.5. The summed E-state index contributed by atoms with van der Waals surface area (Å²) in [5, 5.41) is 9.76. The van der Waals surface area contributed by atoms with Crippen molar-refractivity contribution in [3.05, 3.63) is 53.1 Å². The van der Waals surface area contributed by atoms with Gasteiger partial charge in [0.1, 0.15) is 35.0 Å². The molecule has 1 aliphatic rings. The van der Waals surface area contributed by atoms with Gasteiger partial charge in [0.25, 0.3) is 0 Å². The van der Waals surface area contributed by atoms with E-state index >= 15 is 0 Å². The van der Waals surface area contributed by atoms with E-state index in [1.54, 1.807) is 18.2 Å². The molecule has 3 rings (SSSR count). The van der Waals surface area contributed by atoms with Crippen LogP contribution in [0.2, 0.25) is 0 Å². The first kappa shape index (κ1) is 21.0. The summed E-state index contributed by atoms with van der Waals surface area (Å²) in [6.07, 6.45) is 2.05. The molecule has 0 aliphatic carbocycles. The lowest BCUT2D eigenvalue weighted by molar-refractivity contribution is -0.144. The van der Waals surface area contributed by atoms with Crippen molar-refractivity contribution < 1.29 is 38.4 Å². The van der Waals surface area contributed by atoms with Gasteiger partial charge in [0.15, 0.2) is 0 Å². The standard InChI is InChI=1S/C22H22O8/c1-26-16-11-18-15(9-12(16)5-8-19(24)28-3)20(22(25)29-4)21(30-18)14-7-6-13(23)10-17(14)27-2/h5-11,20-21,23H,1-4H3/b8-5+/t20-,21+/m1/s1. The smallest absolute Gasteiger partial charge is 0.330 e. The number of phenols is 1. The van der Waals surface area contributed by atoms with Crippen molar-refractivity contribution in [2.75, 3.05) is 28.4 Å². The SMILES string of the molecule is COC(=O)/C=C/c1cc2c(cc1OC)O[C@@H](c1ccc(O)cc1OC)[C@@H]2C(=O)OC. The summed E-state index contributed by atoms with van der Waals surface area (Å²) >= 11 is 0. The molecule has 8 nitrogen and oxygen atoms in total. The summed E-state index contributed by atoms with van der Waals surface area (Å²) in [6.45, 7) is 0. The number of benzene rings is 2. The minimum absolute atomic E-state index is 0.0256. The van der Waals surface area contributed by atoms with Crippen molar-refractivity contribution in [3.63, 3.8) is 0 Å². The van der Waals surface area contributed by atoms with E-state index in [9.17, 15) is 14.7 Å². The van der Waals surface area contributed by atoms with Crippen LogP contribution >= 0.6 is 0 Å². The molecule has 0 aromatic heterocycles. The van der Waals surface area contributed by atoms with Crippen LogP contribution in [0.4, 0.5) is 0 Å². The second-order valence-corrected chi connectivity index (χ2v) is 6.45. The fourth-order valence-corrected chi connectivity index (χ4v) is 3.40. The zero-order chi connectivity index (χ0) is 21.8. The zero-order valence-electron chi connectivity index (χ0n) is 17.0. The van der Waals surface area contributed by atoms with E-state index in [4.69, 9.17) is 18.9 Å². The second-order valence-electron chi connectivity index (χ2n) is 6.45. The number of hydrogen-bond acceptors (Lipinski definition) is 8. The molecule has 0 bridgehead atoms. The largest absolute Gasteiger partial charge is 0.508 e. The molecule has 0 amide bonds. The van der Waals surface area contributed by atoms with Gasteiger partial charge in [0.05, 0.1) is 28.4 Å². The van der Waals surface area contributed by atoms with Crippen LogP contribution in [0.1, 0.15) is 28.7 Å². The first-order valence-corrected chi connectivity index (χ1v) is 9.02. The van der Waals surface area contributed by atoms with Gasteiger partial charge >= 0.3 is 11.9 Å². The van der Waals surface area contributed by atoms with Gasteiger partial charge in [-0.1, -0.05) is 0 Å². The molecule has 8 heteroatoms. The number of ether oxygens (including phenoxy) is 5. The van der Waals surface area contributed by atoms with Gasteiger partial charge in [-0.3, -0.25) is 4.79 Å². The molecule has 1 aliphatic heterocycles. The monoisotopic (exact) mass is 414 g/mol. The number of rotatable bonds is 6. The second kappa shape index (κ2) is 8.77. The van der Waals surface area contributed by atoms with E-state index in [1.165, 1.54) is 52.7 Å². The van der Waals surface area contributed by atoms with Crippen molar-refractivity contribution in [2.45, 2.75) is 12.0 Å². The van der Waals surface area contributed by atoms with Crippen LogP contribution in [0.5, 0.6) is 23.0 Å². The Balaban J connectivity index is 2.12. The van der Waals surface area contributed by atoms with Crippen molar-refractivity contribution >= 4 is 18.0 Å². The fraction of sp³-hybridized carbons (Fsp3) is 0.273. The lowest BCUT2D eigenvalue weighted by Gasteiger charge is -2.20. The third-order valence-corrected chi connectivity index (χ3v) is 4.83. The van der Waals surface area contributed by atoms with E-state index < -0.39 is 24.0 Å². The van der Waals surface area contributed by atoms with Crippen LogP contribution < -0.4 is 14.2 Å². The van der Waals surface area contributed by atoms with Crippen molar-refractivity contribution in [2.24, 2.45) is 0 Å². The molecule has 0 radical (unpaired) electrons. The minimum atomic E-state index is -0.792. The Bertz CT molecular complexity index is 995. The molecule has 1 heterocycles. The van der Waals surface area contributed by atoms with E-state index in [2.05, 4.69) is 4.74 Å². The molecule has 2 atom stereocenters. The third-order valence-electron chi connectivity index (χ3n) is 4.83. The van der Waals surface area contributed by atoms with E-state index in [0.717, 1.165) is 0 Å². The number of fused-ring (bicyclic) bond motifs is 1. The Kier molecular flexibility index (Phi) is 6.15. The molecule has 0 saturated heterocycles. The summed E-state index contributed by atoms with van der Waals surface area (Å²) in [6, 6.07) is 7.93. The quantitative estimate of drug-likeness (QED) is 0.569. The topological polar surface area (TPSA) is 101 Å². The van der Waals surface area contributed by atoms with Crippen molar-refractivity contribution in [1.29, 1.82) is 0 Å². The van der Waals surface area contributed by atoms with Gasteiger partial charge in [0, 0.05) is 34.9 Å². The zero-order valence-corrected chi connectivity index (χ0v) is 17.0. The predicted octanol–water partition coefficient (Wildman–Crippen LogP) is 2.99. The maximum absolute atomic E-state index is 12.7. The average molecular weight is 414 g/mol. The minimum Gasteiger partial charge on any atom is -0.508 e. The summed E-state index contributed by atoms with van der Waals surface area (Å²) in [7, 11) is 5.53. The lowest BCUT2D eigenvalue weighted by atomic mass is 9.89. The van der Waals surface area contributed by atoms with Gasteiger partial charge in [-0.05, 0) is 24.3 Å². The predicted molar refractivity (Wildman–Crippen MR) is 107 cm³/mol. The van der Waals surface area contributed by atoms with Gasteiger partial charge in [-0.2, -0.15) is 0 Å². The highest BCUT2D eigenvalue weighted by molar-refractivity contribution is 5.88. The maximum Gasteiger partial charge on any atom is 0.330 e. The van der Waals surface area contributed by atoms with E-state index in [-0.39, 0.29) is 5.75 Å². The number of carbonyl (C=O) groups excluding carboxylic acids is 2. The van der Waals surface area contributed by atoms with Crippen LogP contribution in [0.3, 0.4) is 0 Å². The number of phenolic OH excluding ortho intramolecular Hbond substituents is 1. The number of hydrogen-bond donors (Lipinski definition) is 1. The Hall–Kier alpha value is -3.68. The molecule has 0 saturated carbocycles. The molecule has 2 aromatic carbocycles. The van der Waals surface area contributed by atoms with Crippen LogP contribution in [-0.4, -0.2) is 45.5 Å². The Morgan fingerprint density at radius 1 is 0.967 bits per heavy atom. The van der Waals surface area contributed by atoms with Gasteiger partial charge in [-0.15, -0.1) is 0 Å². The molecule has 158 valence electrons. The Morgan fingerprint density at radius 3 is 2.33 bits per heavy atom. The Labute approximate surface area is 173 Å². The molecule has 30 heavy (non-hydrogen) atoms.